The number of benzene rings is 2. The van der Waals surface area contributed by atoms with Crippen LogP contribution in [0.2, 0.25) is 15.1 Å². The first-order chi connectivity index (χ1) is 15.4. The third-order valence-corrected chi connectivity index (χ3v) is 7.37. The number of fused-ring (bicyclic) bond motifs is 1. The SMILES string of the molecule is Cc1c(C(=O)NN2CC3CCCC3C2)nn(-c2ccc(Cl)cc2Cl)c1-c1ccc(Cl)cc1. The summed E-state index contributed by atoms with van der Waals surface area (Å²) in [5, 5.41) is 8.38. The van der Waals surface area contributed by atoms with Gasteiger partial charge < -0.3 is 0 Å². The van der Waals surface area contributed by atoms with E-state index in [4.69, 9.17) is 39.9 Å². The smallest absolute Gasteiger partial charge is 0.283 e. The summed E-state index contributed by atoms with van der Waals surface area (Å²) in [6, 6.07) is 12.7. The molecular weight excluding hydrogens is 467 g/mol. The molecule has 0 spiro atoms. The van der Waals surface area contributed by atoms with Gasteiger partial charge in [0.25, 0.3) is 5.91 Å². The topological polar surface area (TPSA) is 50.2 Å². The van der Waals surface area contributed by atoms with E-state index in [1.54, 1.807) is 22.9 Å². The lowest BCUT2D eigenvalue weighted by Crippen LogP contribution is -2.41. The molecule has 2 aromatic carbocycles. The van der Waals surface area contributed by atoms with Gasteiger partial charge in [-0.05, 0) is 61.9 Å². The Kier molecular flexibility index (Phi) is 5.93. The zero-order valence-electron chi connectivity index (χ0n) is 17.6. The van der Waals surface area contributed by atoms with Crippen LogP contribution in [-0.2, 0) is 0 Å². The van der Waals surface area contributed by atoms with Crippen LogP contribution >= 0.6 is 34.8 Å². The molecule has 166 valence electrons. The lowest BCUT2D eigenvalue weighted by Gasteiger charge is -2.17. The average molecular weight is 490 g/mol. The van der Waals surface area contributed by atoms with E-state index < -0.39 is 0 Å². The minimum absolute atomic E-state index is 0.207. The molecule has 0 radical (unpaired) electrons. The molecule has 1 aromatic heterocycles. The second-order valence-electron chi connectivity index (χ2n) is 8.63. The van der Waals surface area contributed by atoms with Gasteiger partial charge in [0.1, 0.15) is 0 Å². The molecule has 32 heavy (non-hydrogen) atoms. The predicted molar refractivity (Wildman–Crippen MR) is 129 cm³/mol. The zero-order valence-corrected chi connectivity index (χ0v) is 19.9. The quantitative estimate of drug-likeness (QED) is 0.476. The fraction of sp³-hybridized carbons (Fsp3) is 0.333. The van der Waals surface area contributed by atoms with E-state index >= 15 is 0 Å². The average Bonchev–Trinajstić information content (AvgIpc) is 3.42. The van der Waals surface area contributed by atoms with Crippen LogP contribution in [0.25, 0.3) is 16.9 Å². The van der Waals surface area contributed by atoms with Crippen LogP contribution in [0.3, 0.4) is 0 Å². The number of hydrogen-bond acceptors (Lipinski definition) is 3. The fourth-order valence-electron chi connectivity index (χ4n) is 5.01. The largest absolute Gasteiger partial charge is 0.286 e. The van der Waals surface area contributed by atoms with Crippen LogP contribution in [0.1, 0.15) is 35.3 Å². The molecule has 1 aliphatic carbocycles. The van der Waals surface area contributed by atoms with Crippen LogP contribution in [-0.4, -0.2) is 33.8 Å². The van der Waals surface area contributed by atoms with Crippen molar-refractivity contribution < 1.29 is 4.79 Å². The van der Waals surface area contributed by atoms with Crippen molar-refractivity contribution in [3.05, 3.63) is 68.8 Å². The third kappa shape index (κ3) is 4.03. The molecule has 1 saturated carbocycles. The van der Waals surface area contributed by atoms with Crippen molar-refractivity contribution in [3.8, 4) is 16.9 Å². The number of aromatic nitrogens is 2. The van der Waals surface area contributed by atoms with Crippen molar-refractivity contribution >= 4 is 40.7 Å². The molecule has 1 N–H and O–H groups in total. The van der Waals surface area contributed by atoms with E-state index in [0.717, 1.165) is 29.9 Å². The van der Waals surface area contributed by atoms with Gasteiger partial charge in [-0.25, -0.2) is 9.69 Å². The van der Waals surface area contributed by atoms with Gasteiger partial charge in [-0.3, -0.25) is 10.2 Å². The summed E-state index contributed by atoms with van der Waals surface area (Å²) >= 11 is 18.7. The van der Waals surface area contributed by atoms with Gasteiger partial charge >= 0.3 is 0 Å². The zero-order chi connectivity index (χ0) is 22.4. The number of carbonyl (C=O) groups excluding carboxylic acids is 1. The number of nitrogens with zero attached hydrogens (tertiary/aromatic N) is 3. The Morgan fingerprint density at radius 2 is 1.66 bits per heavy atom. The minimum Gasteiger partial charge on any atom is -0.283 e. The maximum atomic E-state index is 13.3. The molecule has 5 nitrogen and oxygen atoms in total. The van der Waals surface area contributed by atoms with Crippen molar-refractivity contribution in [2.75, 3.05) is 13.1 Å². The number of hydrazine groups is 1. The fourth-order valence-corrected chi connectivity index (χ4v) is 5.62. The summed E-state index contributed by atoms with van der Waals surface area (Å²) in [5.41, 5.74) is 6.56. The third-order valence-electron chi connectivity index (χ3n) is 6.58. The monoisotopic (exact) mass is 488 g/mol. The Bertz CT molecular complexity index is 1160. The van der Waals surface area contributed by atoms with Crippen LogP contribution in [0.15, 0.2) is 42.5 Å². The molecule has 5 rings (SSSR count). The van der Waals surface area contributed by atoms with Gasteiger partial charge in [0.2, 0.25) is 0 Å². The van der Waals surface area contributed by atoms with Crippen molar-refractivity contribution in [2.45, 2.75) is 26.2 Å². The molecule has 2 fully saturated rings. The number of amides is 1. The number of nitrogens with one attached hydrogen (secondary N) is 1. The summed E-state index contributed by atoms with van der Waals surface area (Å²) in [7, 11) is 0. The van der Waals surface area contributed by atoms with E-state index in [-0.39, 0.29) is 5.91 Å². The van der Waals surface area contributed by atoms with Gasteiger partial charge in [-0.1, -0.05) is 53.4 Å². The van der Waals surface area contributed by atoms with Gasteiger partial charge in [0, 0.05) is 34.3 Å². The molecule has 2 unspecified atom stereocenters. The number of carbonyl (C=O) groups is 1. The number of rotatable bonds is 4. The van der Waals surface area contributed by atoms with Gasteiger partial charge in [-0.2, -0.15) is 5.10 Å². The van der Waals surface area contributed by atoms with Crippen LogP contribution in [0, 0.1) is 18.8 Å². The summed E-state index contributed by atoms with van der Waals surface area (Å²) < 4.78 is 1.71. The van der Waals surface area contributed by atoms with Crippen LogP contribution in [0.5, 0.6) is 0 Å². The van der Waals surface area contributed by atoms with E-state index in [2.05, 4.69) is 5.43 Å². The Labute approximate surface area is 202 Å². The Balaban J connectivity index is 1.53. The highest BCUT2D eigenvalue weighted by Gasteiger charge is 2.37. The van der Waals surface area contributed by atoms with Crippen molar-refractivity contribution in [1.82, 2.24) is 20.2 Å². The summed E-state index contributed by atoms with van der Waals surface area (Å²) in [4.78, 5) is 13.3. The molecule has 0 bridgehead atoms. The predicted octanol–water partition coefficient (Wildman–Crippen LogP) is 6.18. The van der Waals surface area contributed by atoms with Crippen LogP contribution in [0.4, 0.5) is 0 Å². The van der Waals surface area contributed by atoms with Gasteiger partial charge in [-0.15, -0.1) is 0 Å². The van der Waals surface area contributed by atoms with Gasteiger partial charge in [0.05, 0.1) is 16.4 Å². The number of halogens is 3. The lowest BCUT2D eigenvalue weighted by molar-refractivity contribution is 0.0808. The molecule has 2 atom stereocenters. The second kappa shape index (κ2) is 8.71. The first-order valence-electron chi connectivity index (χ1n) is 10.8. The first-order valence-corrected chi connectivity index (χ1v) is 11.9. The molecule has 8 heteroatoms. The van der Waals surface area contributed by atoms with E-state index in [9.17, 15) is 4.79 Å². The highest BCUT2D eigenvalue weighted by atomic mass is 35.5. The Morgan fingerprint density at radius 1 is 1.00 bits per heavy atom. The normalized spacial score (nSPS) is 20.5. The van der Waals surface area contributed by atoms with Crippen molar-refractivity contribution in [1.29, 1.82) is 0 Å². The molecule has 1 aliphatic heterocycles. The lowest BCUT2D eigenvalue weighted by atomic mass is 10.0. The highest BCUT2D eigenvalue weighted by molar-refractivity contribution is 6.35. The Hall–Kier alpha value is -2.05. The molecule has 2 aliphatic rings. The summed E-state index contributed by atoms with van der Waals surface area (Å²) in [6.45, 7) is 3.72. The summed E-state index contributed by atoms with van der Waals surface area (Å²) in [5.74, 6) is 1.17. The van der Waals surface area contributed by atoms with Gasteiger partial charge in [0.15, 0.2) is 5.69 Å². The first kappa shape index (κ1) is 21.8. The number of hydrogen-bond donors (Lipinski definition) is 1. The van der Waals surface area contributed by atoms with Crippen molar-refractivity contribution in [2.24, 2.45) is 11.8 Å². The summed E-state index contributed by atoms with van der Waals surface area (Å²) in [6.07, 6.45) is 3.80. The standard InChI is InChI=1S/C24H23Cl3N4O/c1-14-22(24(32)29-30-12-16-3-2-4-17(16)13-30)28-31(21-10-9-19(26)11-20(21)27)23(14)15-5-7-18(25)8-6-15/h5-11,16-17H,2-4,12-13H2,1H3,(H,29,32). The van der Waals surface area contributed by atoms with Crippen molar-refractivity contribution in [3.63, 3.8) is 0 Å². The minimum atomic E-state index is -0.207. The second-order valence-corrected chi connectivity index (χ2v) is 9.91. The maximum Gasteiger partial charge on any atom is 0.286 e. The van der Waals surface area contributed by atoms with E-state index in [0.29, 0.717) is 38.3 Å². The molecule has 2 heterocycles. The van der Waals surface area contributed by atoms with E-state index in [1.165, 1.54) is 19.3 Å². The molecule has 1 saturated heterocycles. The molecule has 1 amide bonds. The maximum absolute atomic E-state index is 13.3. The Morgan fingerprint density at radius 3 is 2.31 bits per heavy atom. The van der Waals surface area contributed by atoms with E-state index in [1.807, 2.05) is 36.2 Å². The highest BCUT2D eigenvalue weighted by Crippen LogP contribution is 2.37. The molecule has 3 aromatic rings. The van der Waals surface area contributed by atoms with Crippen LogP contribution < -0.4 is 5.43 Å². The molecular formula is C24H23Cl3N4O.